The third kappa shape index (κ3) is 2.44. The van der Waals surface area contributed by atoms with Crippen molar-refractivity contribution in [3.05, 3.63) is 60.2 Å². The molecule has 2 aromatic carbocycles. The number of benzene rings is 2. The number of hydrogen-bond acceptors (Lipinski definition) is 3. The van der Waals surface area contributed by atoms with Crippen molar-refractivity contribution >= 4 is 28.9 Å². The predicted octanol–water partition coefficient (Wildman–Crippen LogP) is 2.91. The number of carbonyl (C=O) groups is 1. The van der Waals surface area contributed by atoms with Gasteiger partial charge in [-0.3, -0.25) is 4.79 Å². The molecule has 0 spiro atoms. The number of fused-ring (bicyclic) bond motifs is 4. The minimum absolute atomic E-state index is 0.102. The van der Waals surface area contributed by atoms with E-state index >= 15 is 0 Å². The molecule has 6 heteroatoms. The van der Waals surface area contributed by atoms with Gasteiger partial charge in [0.25, 0.3) is 0 Å². The van der Waals surface area contributed by atoms with E-state index in [1.54, 1.807) is 0 Å². The molecular formula is C19H19N3O2S. The normalized spacial score (nSPS) is 27.0. The number of para-hydroxylation sites is 2. The van der Waals surface area contributed by atoms with Crippen LogP contribution in [0.25, 0.3) is 0 Å². The van der Waals surface area contributed by atoms with Crippen LogP contribution in [0.1, 0.15) is 18.5 Å². The van der Waals surface area contributed by atoms with E-state index in [-0.39, 0.29) is 11.9 Å². The molecule has 1 amide bonds. The van der Waals surface area contributed by atoms with Crippen LogP contribution >= 0.6 is 12.2 Å². The van der Waals surface area contributed by atoms with Crippen LogP contribution in [0.5, 0.6) is 5.75 Å². The predicted molar refractivity (Wildman–Crippen MR) is 100 cm³/mol. The fourth-order valence-corrected chi connectivity index (χ4v) is 3.92. The number of amides is 1. The van der Waals surface area contributed by atoms with Gasteiger partial charge in [0.05, 0.1) is 6.04 Å². The first kappa shape index (κ1) is 15.9. The lowest BCUT2D eigenvalue weighted by atomic mass is 9.79. The van der Waals surface area contributed by atoms with E-state index in [4.69, 9.17) is 17.0 Å². The second-order valence-corrected chi connectivity index (χ2v) is 6.90. The summed E-state index contributed by atoms with van der Waals surface area (Å²) >= 11 is 5.46. The molecular weight excluding hydrogens is 334 g/mol. The van der Waals surface area contributed by atoms with Gasteiger partial charge in [-0.05, 0) is 37.3 Å². The minimum atomic E-state index is -0.861. The highest BCUT2D eigenvalue weighted by Gasteiger charge is 2.57. The Morgan fingerprint density at radius 2 is 1.88 bits per heavy atom. The smallest absolute Gasteiger partial charge is 0.236 e. The first-order chi connectivity index (χ1) is 12.0. The molecule has 2 aliphatic rings. The summed E-state index contributed by atoms with van der Waals surface area (Å²) < 4.78 is 6.28. The molecule has 0 unspecified atom stereocenters. The standard InChI is InChI=1S/C19H19N3O2S/c1-19-15(17(23)20-12-8-4-3-5-9-12)16(21-18(25)22(19)2)13-10-6-7-11-14(13)24-19/h3-11,15-16H,1-2H3,(H,20,23)(H,21,25)/t15-,16+,19-/m0/s1. The summed E-state index contributed by atoms with van der Waals surface area (Å²) in [6, 6.07) is 17.0. The van der Waals surface area contributed by atoms with Crippen molar-refractivity contribution in [3.63, 3.8) is 0 Å². The molecule has 2 N–H and O–H groups in total. The van der Waals surface area contributed by atoms with Crippen molar-refractivity contribution in [2.45, 2.75) is 18.7 Å². The van der Waals surface area contributed by atoms with Gasteiger partial charge in [-0.1, -0.05) is 36.4 Å². The Kier molecular flexibility index (Phi) is 3.65. The van der Waals surface area contributed by atoms with E-state index in [1.165, 1.54) is 0 Å². The monoisotopic (exact) mass is 353 g/mol. The van der Waals surface area contributed by atoms with E-state index in [9.17, 15) is 4.79 Å². The molecule has 0 radical (unpaired) electrons. The van der Waals surface area contributed by atoms with Crippen molar-refractivity contribution in [2.24, 2.45) is 5.92 Å². The third-order valence-electron chi connectivity index (χ3n) is 5.05. The number of nitrogens with zero attached hydrogens (tertiary/aromatic N) is 1. The van der Waals surface area contributed by atoms with Crippen LogP contribution < -0.4 is 15.4 Å². The van der Waals surface area contributed by atoms with Crippen LogP contribution in [0.2, 0.25) is 0 Å². The van der Waals surface area contributed by atoms with Gasteiger partial charge < -0.3 is 20.3 Å². The molecule has 0 aliphatic carbocycles. The fourth-order valence-electron chi connectivity index (χ4n) is 3.61. The zero-order chi connectivity index (χ0) is 17.6. The second kappa shape index (κ2) is 5.74. The van der Waals surface area contributed by atoms with Crippen LogP contribution in [-0.2, 0) is 4.79 Å². The molecule has 0 aromatic heterocycles. The summed E-state index contributed by atoms with van der Waals surface area (Å²) in [5.74, 6) is 0.218. The van der Waals surface area contributed by atoms with Gasteiger partial charge in [0.2, 0.25) is 5.91 Å². The highest BCUT2D eigenvalue weighted by molar-refractivity contribution is 7.80. The number of anilines is 1. The van der Waals surface area contributed by atoms with Gasteiger partial charge in [0, 0.05) is 18.3 Å². The number of thiocarbonyl (C=S) groups is 1. The van der Waals surface area contributed by atoms with Crippen molar-refractivity contribution in [2.75, 3.05) is 12.4 Å². The Morgan fingerprint density at radius 1 is 1.20 bits per heavy atom. The molecule has 3 atom stereocenters. The lowest BCUT2D eigenvalue weighted by Gasteiger charge is -2.54. The van der Waals surface area contributed by atoms with Crippen LogP contribution in [0, 0.1) is 5.92 Å². The molecule has 25 heavy (non-hydrogen) atoms. The van der Waals surface area contributed by atoms with Gasteiger partial charge >= 0.3 is 0 Å². The first-order valence-electron chi connectivity index (χ1n) is 8.19. The van der Waals surface area contributed by atoms with E-state index in [0.717, 1.165) is 17.0 Å². The summed E-state index contributed by atoms with van der Waals surface area (Å²) in [4.78, 5) is 15.0. The fraction of sp³-hybridized carbons (Fsp3) is 0.263. The number of hydrogen-bond donors (Lipinski definition) is 2. The maximum atomic E-state index is 13.1. The Labute approximate surface area is 152 Å². The number of carbonyl (C=O) groups excluding carboxylic acids is 1. The Hall–Kier alpha value is -2.60. The van der Waals surface area contributed by atoms with Crippen LogP contribution in [-0.4, -0.2) is 28.7 Å². The summed E-state index contributed by atoms with van der Waals surface area (Å²) in [5, 5.41) is 6.89. The SMILES string of the molecule is CN1C(=S)N[C@@H]2c3ccccc3O[C@@]1(C)[C@@H]2C(=O)Nc1ccccc1. The number of ether oxygens (including phenoxy) is 1. The molecule has 0 saturated carbocycles. The minimum Gasteiger partial charge on any atom is -0.467 e. The van der Waals surface area contributed by atoms with Gasteiger partial charge in [0.15, 0.2) is 10.8 Å². The molecule has 5 nitrogen and oxygen atoms in total. The maximum absolute atomic E-state index is 13.1. The van der Waals surface area contributed by atoms with Crippen molar-refractivity contribution < 1.29 is 9.53 Å². The summed E-state index contributed by atoms with van der Waals surface area (Å²) in [7, 11) is 1.85. The quantitative estimate of drug-likeness (QED) is 0.813. The van der Waals surface area contributed by atoms with E-state index in [2.05, 4.69) is 10.6 Å². The lowest BCUT2D eigenvalue weighted by Crippen LogP contribution is -2.70. The zero-order valence-electron chi connectivity index (χ0n) is 14.0. The molecule has 2 aliphatic heterocycles. The highest BCUT2D eigenvalue weighted by atomic mass is 32.1. The zero-order valence-corrected chi connectivity index (χ0v) is 14.8. The van der Waals surface area contributed by atoms with Crippen molar-refractivity contribution in [1.29, 1.82) is 0 Å². The topological polar surface area (TPSA) is 53.6 Å². The Morgan fingerprint density at radius 3 is 2.64 bits per heavy atom. The number of rotatable bonds is 2. The van der Waals surface area contributed by atoms with Gasteiger partial charge in [-0.25, -0.2) is 0 Å². The highest BCUT2D eigenvalue weighted by Crippen LogP contribution is 2.47. The van der Waals surface area contributed by atoms with E-state index < -0.39 is 11.6 Å². The number of nitrogens with one attached hydrogen (secondary N) is 2. The van der Waals surface area contributed by atoms with Gasteiger partial charge in [0.1, 0.15) is 11.7 Å². The average molecular weight is 353 g/mol. The molecule has 4 rings (SSSR count). The summed E-state index contributed by atoms with van der Waals surface area (Å²) in [6.07, 6.45) is 0. The van der Waals surface area contributed by atoms with Crippen LogP contribution in [0.4, 0.5) is 5.69 Å². The van der Waals surface area contributed by atoms with Crippen LogP contribution in [0.3, 0.4) is 0 Å². The van der Waals surface area contributed by atoms with Crippen LogP contribution in [0.15, 0.2) is 54.6 Å². The molecule has 128 valence electrons. The largest absolute Gasteiger partial charge is 0.467 e. The van der Waals surface area contributed by atoms with Crippen molar-refractivity contribution in [1.82, 2.24) is 10.2 Å². The summed E-state index contributed by atoms with van der Waals surface area (Å²) in [5.41, 5.74) is 0.849. The lowest BCUT2D eigenvalue weighted by molar-refractivity contribution is -0.146. The molecule has 2 heterocycles. The van der Waals surface area contributed by atoms with E-state index in [0.29, 0.717) is 5.11 Å². The maximum Gasteiger partial charge on any atom is 0.236 e. The second-order valence-electron chi connectivity index (χ2n) is 6.51. The average Bonchev–Trinajstić information content (AvgIpc) is 2.60. The van der Waals surface area contributed by atoms with E-state index in [1.807, 2.05) is 73.5 Å². The molecule has 1 saturated heterocycles. The Bertz CT molecular complexity index is 842. The van der Waals surface area contributed by atoms with Gasteiger partial charge in [-0.15, -0.1) is 0 Å². The molecule has 1 fully saturated rings. The Balaban J connectivity index is 1.76. The third-order valence-corrected chi connectivity index (χ3v) is 5.45. The molecule has 2 bridgehead atoms. The first-order valence-corrected chi connectivity index (χ1v) is 8.60. The molecule has 2 aromatic rings. The van der Waals surface area contributed by atoms with Crippen molar-refractivity contribution in [3.8, 4) is 5.75 Å². The van der Waals surface area contributed by atoms with Gasteiger partial charge in [-0.2, -0.15) is 0 Å². The summed E-state index contributed by atoms with van der Waals surface area (Å²) in [6.45, 7) is 1.92.